The van der Waals surface area contributed by atoms with Crippen LogP contribution in [0.3, 0.4) is 0 Å². The molecule has 1 saturated carbocycles. The normalized spacial score (nSPS) is 20.1. The van der Waals surface area contributed by atoms with Crippen LogP contribution in [0.2, 0.25) is 0 Å². The predicted octanol–water partition coefficient (Wildman–Crippen LogP) is 1.60. The minimum atomic E-state index is -0.641. The second-order valence-electron chi connectivity index (χ2n) is 6.75. The third-order valence-corrected chi connectivity index (χ3v) is 4.09. The highest BCUT2D eigenvalue weighted by atomic mass is 16.5. The monoisotopic (exact) mass is 284 g/mol. The van der Waals surface area contributed by atoms with Crippen LogP contribution in [0.5, 0.6) is 0 Å². The number of ether oxygens (including phenoxy) is 1. The minimum Gasteiger partial charge on any atom is -0.467 e. The fraction of sp³-hybridized carbons (Fsp3) is 0.867. The van der Waals surface area contributed by atoms with Gasteiger partial charge in [0.2, 0.25) is 5.91 Å². The Bertz CT molecular complexity index is 344. The lowest BCUT2D eigenvalue weighted by Crippen LogP contribution is -2.55. The van der Waals surface area contributed by atoms with Crippen LogP contribution in [-0.2, 0) is 14.3 Å². The van der Waals surface area contributed by atoms with Gasteiger partial charge in [-0.05, 0) is 24.2 Å². The molecular formula is C15H28N2O3. The van der Waals surface area contributed by atoms with E-state index in [0.717, 1.165) is 25.7 Å². The lowest BCUT2D eigenvalue weighted by atomic mass is 9.82. The van der Waals surface area contributed by atoms with E-state index in [0.29, 0.717) is 0 Å². The van der Waals surface area contributed by atoms with Crippen molar-refractivity contribution in [3.05, 3.63) is 0 Å². The summed E-state index contributed by atoms with van der Waals surface area (Å²) in [7, 11) is 1.36. The summed E-state index contributed by atoms with van der Waals surface area (Å²) in [6, 6.07) is -1.21. The SMILES string of the molecule is COC(=O)C(NC(=O)C(N)C(C)(C)C)C1CCCCC1. The summed E-state index contributed by atoms with van der Waals surface area (Å²) in [4.78, 5) is 24.2. The van der Waals surface area contributed by atoms with Crippen LogP contribution in [0, 0.1) is 11.3 Å². The van der Waals surface area contributed by atoms with Crippen molar-refractivity contribution >= 4 is 11.9 Å². The summed E-state index contributed by atoms with van der Waals surface area (Å²) in [6.07, 6.45) is 5.29. The maximum atomic E-state index is 12.2. The Hall–Kier alpha value is -1.10. The summed E-state index contributed by atoms with van der Waals surface area (Å²) >= 11 is 0. The lowest BCUT2D eigenvalue weighted by Gasteiger charge is -2.32. The first-order chi connectivity index (χ1) is 9.27. The van der Waals surface area contributed by atoms with E-state index in [2.05, 4.69) is 5.32 Å². The Kier molecular flexibility index (Phi) is 5.99. The average Bonchev–Trinajstić information content (AvgIpc) is 2.42. The Balaban J connectivity index is 2.74. The summed E-state index contributed by atoms with van der Waals surface area (Å²) < 4.78 is 4.84. The second kappa shape index (κ2) is 7.07. The molecule has 0 saturated heterocycles. The maximum absolute atomic E-state index is 12.2. The molecule has 116 valence electrons. The molecule has 2 atom stereocenters. The molecule has 0 radical (unpaired) electrons. The molecule has 0 heterocycles. The standard InChI is InChI=1S/C15H28N2O3/c1-15(2,3)12(16)13(18)17-11(14(19)20-4)10-8-6-5-7-9-10/h10-12H,5-9,16H2,1-4H3,(H,17,18). The van der Waals surface area contributed by atoms with Crippen LogP contribution in [0.1, 0.15) is 52.9 Å². The van der Waals surface area contributed by atoms with E-state index < -0.39 is 12.1 Å². The molecule has 1 rings (SSSR count). The molecule has 1 amide bonds. The van der Waals surface area contributed by atoms with Crippen LogP contribution in [0.4, 0.5) is 0 Å². The Morgan fingerprint density at radius 2 is 1.75 bits per heavy atom. The highest BCUT2D eigenvalue weighted by Crippen LogP contribution is 2.27. The van der Waals surface area contributed by atoms with Crippen molar-refractivity contribution in [3.8, 4) is 0 Å². The second-order valence-corrected chi connectivity index (χ2v) is 6.75. The molecule has 2 unspecified atom stereocenters. The molecule has 3 N–H and O–H groups in total. The van der Waals surface area contributed by atoms with Gasteiger partial charge in [0.1, 0.15) is 6.04 Å². The van der Waals surface area contributed by atoms with E-state index in [1.807, 2.05) is 20.8 Å². The summed E-state index contributed by atoms with van der Waals surface area (Å²) in [6.45, 7) is 5.72. The first-order valence-electron chi connectivity index (χ1n) is 7.41. The van der Waals surface area contributed by atoms with Crippen molar-refractivity contribution < 1.29 is 14.3 Å². The third kappa shape index (κ3) is 4.47. The molecule has 0 aliphatic heterocycles. The number of nitrogens with two attached hydrogens (primary N) is 1. The zero-order chi connectivity index (χ0) is 15.3. The highest BCUT2D eigenvalue weighted by Gasteiger charge is 2.35. The number of carbonyl (C=O) groups is 2. The Morgan fingerprint density at radius 3 is 2.20 bits per heavy atom. The Morgan fingerprint density at radius 1 is 1.20 bits per heavy atom. The average molecular weight is 284 g/mol. The van der Waals surface area contributed by atoms with E-state index >= 15 is 0 Å². The number of hydrogen-bond donors (Lipinski definition) is 2. The molecule has 20 heavy (non-hydrogen) atoms. The zero-order valence-corrected chi connectivity index (χ0v) is 13.1. The highest BCUT2D eigenvalue weighted by molar-refractivity contribution is 5.88. The van der Waals surface area contributed by atoms with Gasteiger partial charge in [-0.2, -0.15) is 0 Å². The molecular weight excluding hydrogens is 256 g/mol. The summed E-state index contributed by atoms with van der Waals surface area (Å²) in [5, 5.41) is 2.81. The van der Waals surface area contributed by atoms with Crippen molar-refractivity contribution in [1.82, 2.24) is 5.32 Å². The van der Waals surface area contributed by atoms with Crippen molar-refractivity contribution in [2.75, 3.05) is 7.11 Å². The number of hydrogen-bond acceptors (Lipinski definition) is 4. The molecule has 5 heteroatoms. The van der Waals surface area contributed by atoms with Gasteiger partial charge in [0.05, 0.1) is 13.2 Å². The first kappa shape index (κ1) is 17.0. The summed E-state index contributed by atoms with van der Waals surface area (Å²) in [5.74, 6) is -0.489. The van der Waals surface area contributed by atoms with E-state index in [9.17, 15) is 9.59 Å². The van der Waals surface area contributed by atoms with Gasteiger partial charge in [-0.3, -0.25) is 4.79 Å². The van der Waals surface area contributed by atoms with Gasteiger partial charge in [-0.25, -0.2) is 4.79 Å². The van der Waals surface area contributed by atoms with Crippen molar-refractivity contribution in [1.29, 1.82) is 0 Å². The number of methoxy groups -OCH3 is 1. The van der Waals surface area contributed by atoms with Gasteiger partial charge in [0.15, 0.2) is 0 Å². The number of amides is 1. The zero-order valence-electron chi connectivity index (χ0n) is 13.1. The van der Waals surface area contributed by atoms with Gasteiger partial charge in [-0.1, -0.05) is 40.0 Å². The predicted molar refractivity (Wildman–Crippen MR) is 78.0 cm³/mol. The van der Waals surface area contributed by atoms with Crippen molar-refractivity contribution in [3.63, 3.8) is 0 Å². The molecule has 1 aliphatic carbocycles. The van der Waals surface area contributed by atoms with E-state index in [1.165, 1.54) is 13.5 Å². The molecule has 0 bridgehead atoms. The number of esters is 1. The molecule has 0 aromatic rings. The van der Waals surface area contributed by atoms with Crippen molar-refractivity contribution in [2.45, 2.75) is 65.0 Å². The van der Waals surface area contributed by atoms with Gasteiger partial charge in [0.25, 0.3) is 0 Å². The van der Waals surface area contributed by atoms with Crippen LogP contribution in [-0.4, -0.2) is 31.1 Å². The largest absolute Gasteiger partial charge is 0.467 e. The number of rotatable bonds is 4. The maximum Gasteiger partial charge on any atom is 0.328 e. The van der Waals surface area contributed by atoms with Gasteiger partial charge in [0, 0.05) is 0 Å². The van der Waals surface area contributed by atoms with E-state index in [1.54, 1.807) is 0 Å². The van der Waals surface area contributed by atoms with Crippen LogP contribution in [0.25, 0.3) is 0 Å². The van der Waals surface area contributed by atoms with Crippen LogP contribution in [0.15, 0.2) is 0 Å². The number of carbonyl (C=O) groups excluding carboxylic acids is 2. The third-order valence-electron chi connectivity index (χ3n) is 4.09. The molecule has 1 aliphatic rings. The van der Waals surface area contributed by atoms with Crippen LogP contribution < -0.4 is 11.1 Å². The molecule has 5 nitrogen and oxygen atoms in total. The van der Waals surface area contributed by atoms with Gasteiger partial charge >= 0.3 is 5.97 Å². The van der Waals surface area contributed by atoms with E-state index in [-0.39, 0.29) is 23.2 Å². The summed E-state index contributed by atoms with van der Waals surface area (Å²) in [5.41, 5.74) is 5.61. The Labute approximate surface area is 121 Å². The lowest BCUT2D eigenvalue weighted by molar-refractivity contribution is -0.147. The molecule has 1 fully saturated rings. The van der Waals surface area contributed by atoms with Crippen molar-refractivity contribution in [2.24, 2.45) is 17.1 Å². The molecule has 0 aromatic heterocycles. The fourth-order valence-corrected chi connectivity index (χ4v) is 2.60. The smallest absolute Gasteiger partial charge is 0.328 e. The molecule has 0 aromatic carbocycles. The topological polar surface area (TPSA) is 81.4 Å². The quantitative estimate of drug-likeness (QED) is 0.768. The van der Waals surface area contributed by atoms with Gasteiger partial charge in [-0.15, -0.1) is 0 Å². The fourth-order valence-electron chi connectivity index (χ4n) is 2.60. The first-order valence-corrected chi connectivity index (χ1v) is 7.41. The minimum absolute atomic E-state index is 0.160. The number of nitrogens with one attached hydrogen (secondary N) is 1. The van der Waals surface area contributed by atoms with E-state index in [4.69, 9.17) is 10.5 Å². The van der Waals surface area contributed by atoms with Gasteiger partial charge < -0.3 is 15.8 Å². The molecule has 0 spiro atoms. The van der Waals surface area contributed by atoms with Crippen LogP contribution >= 0.6 is 0 Å².